The topological polar surface area (TPSA) is 55.0 Å². The summed E-state index contributed by atoms with van der Waals surface area (Å²) in [5.74, 6) is 1.09. The molecule has 0 aliphatic heterocycles. The van der Waals surface area contributed by atoms with E-state index in [0.29, 0.717) is 39.0 Å². The van der Waals surface area contributed by atoms with Gasteiger partial charge in [0, 0.05) is 14.4 Å². The maximum atomic E-state index is 12.9. The van der Waals surface area contributed by atoms with Crippen molar-refractivity contribution in [3.8, 4) is 27.6 Å². The summed E-state index contributed by atoms with van der Waals surface area (Å²) in [4.78, 5) is 22.2. The number of H-pyrrole nitrogens is 1. The Hall–Kier alpha value is -2.93. The minimum absolute atomic E-state index is 0.177. The first-order valence-electron chi connectivity index (χ1n) is 9.83. The number of nitrogens with one attached hydrogen (secondary N) is 1. The second-order valence-corrected chi connectivity index (χ2v) is 9.55. The lowest BCUT2D eigenvalue weighted by Crippen LogP contribution is -2.08. The number of halogens is 2. The molecule has 0 aliphatic carbocycles. The molecule has 0 saturated carbocycles. The van der Waals surface area contributed by atoms with Crippen LogP contribution in [0.25, 0.3) is 32.0 Å². The molecule has 3 aromatic carbocycles. The summed E-state index contributed by atoms with van der Waals surface area (Å²) >= 11 is 11.1. The lowest BCUT2D eigenvalue weighted by Gasteiger charge is -2.12. The highest BCUT2D eigenvalue weighted by Gasteiger charge is 2.15. The molecule has 0 spiro atoms. The number of rotatable bonds is 5. The van der Waals surface area contributed by atoms with E-state index in [2.05, 4.69) is 20.9 Å². The number of fused-ring (bicyclic) bond motifs is 1. The van der Waals surface area contributed by atoms with Crippen molar-refractivity contribution < 1.29 is 4.74 Å². The first-order chi connectivity index (χ1) is 15.6. The normalized spacial score (nSPS) is 11.1. The van der Waals surface area contributed by atoms with Gasteiger partial charge in [-0.2, -0.15) is 0 Å². The molecular formula is C25H16BrClN2O2S. The fourth-order valence-electron chi connectivity index (χ4n) is 3.40. The van der Waals surface area contributed by atoms with Crippen molar-refractivity contribution in [1.82, 2.24) is 9.97 Å². The van der Waals surface area contributed by atoms with Crippen LogP contribution < -0.4 is 10.3 Å². The summed E-state index contributed by atoms with van der Waals surface area (Å²) in [5, 5.41) is 1.24. The smallest absolute Gasteiger partial charge is 0.259 e. The number of ether oxygens (including phenoxy) is 1. The van der Waals surface area contributed by atoms with Crippen molar-refractivity contribution in [3.63, 3.8) is 0 Å². The maximum Gasteiger partial charge on any atom is 0.259 e. The third-order valence-electron chi connectivity index (χ3n) is 4.94. The molecule has 0 unspecified atom stereocenters. The first-order valence-corrected chi connectivity index (χ1v) is 11.8. The molecule has 2 heterocycles. The summed E-state index contributed by atoms with van der Waals surface area (Å²) in [7, 11) is 0. The van der Waals surface area contributed by atoms with Crippen molar-refractivity contribution in [1.29, 1.82) is 0 Å². The van der Waals surface area contributed by atoms with Crippen LogP contribution in [0.1, 0.15) is 5.56 Å². The predicted octanol–water partition coefficient (Wildman–Crippen LogP) is 7.31. The van der Waals surface area contributed by atoms with Crippen molar-refractivity contribution in [3.05, 3.63) is 104 Å². The van der Waals surface area contributed by atoms with E-state index in [1.54, 1.807) is 0 Å². The molecule has 2 aromatic heterocycles. The Bertz CT molecular complexity index is 1480. The molecule has 1 N–H and O–H groups in total. The van der Waals surface area contributed by atoms with E-state index < -0.39 is 0 Å². The average molecular weight is 524 g/mol. The molecule has 158 valence electrons. The van der Waals surface area contributed by atoms with Crippen molar-refractivity contribution >= 4 is 49.1 Å². The van der Waals surface area contributed by atoms with Gasteiger partial charge in [0.05, 0.1) is 10.9 Å². The molecule has 0 saturated heterocycles. The van der Waals surface area contributed by atoms with E-state index in [-0.39, 0.29) is 5.56 Å². The van der Waals surface area contributed by atoms with Gasteiger partial charge in [-0.05, 0) is 47.5 Å². The predicted molar refractivity (Wildman–Crippen MR) is 135 cm³/mol. The second kappa shape index (κ2) is 8.90. The lowest BCUT2D eigenvalue weighted by molar-refractivity contribution is 0.307. The zero-order valence-corrected chi connectivity index (χ0v) is 19.8. The highest BCUT2D eigenvalue weighted by molar-refractivity contribution is 9.10. The van der Waals surface area contributed by atoms with Gasteiger partial charge in [-0.15, -0.1) is 11.3 Å². The lowest BCUT2D eigenvalue weighted by atomic mass is 10.1. The monoisotopic (exact) mass is 522 g/mol. The summed E-state index contributed by atoms with van der Waals surface area (Å²) < 4.78 is 6.94. The number of aromatic amines is 1. The van der Waals surface area contributed by atoms with E-state index in [1.807, 2.05) is 78.9 Å². The molecule has 4 nitrogen and oxygen atoms in total. The summed E-state index contributed by atoms with van der Waals surface area (Å²) in [6, 6.07) is 25.0. The van der Waals surface area contributed by atoms with Gasteiger partial charge < -0.3 is 9.72 Å². The molecule has 32 heavy (non-hydrogen) atoms. The molecule has 7 heteroatoms. The standard InChI is InChI=1S/C25H16BrClN2O2S/c26-17-9-10-21(31-14-15-5-4-8-18(27)11-15)19(12-17)23-28-24(30)20-13-22(32-25(20)29-23)16-6-2-1-3-7-16/h1-13H,14H2,(H,28,29,30). The van der Waals surface area contributed by atoms with Crippen LogP contribution in [0, 0.1) is 0 Å². The minimum atomic E-state index is -0.177. The third kappa shape index (κ3) is 4.35. The summed E-state index contributed by atoms with van der Waals surface area (Å²) in [6.07, 6.45) is 0. The molecule has 5 aromatic rings. The SMILES string of the molecule is O=c1[nH]c(-c2cc(Br)ccc2OCc2cccc(Cl)c2)nc2sc(-c3ccccc3)cc12. The Labute approximate surface area is 201 Å². The number of nitrogens with zero attached hydrogens (tertiary/aromatic N) is 1. The van der Waals surface area contributed by atoms with Crippen LogP contribution in [0.5, 0.6) is 5.75 Å². The Morgan fingerprint density at radius 3 is 2.66 bits per heavy atom. The molecule has 0 atom stereocenters. The van der Waals surface area contributed by atoms with Gasteiger partial charge in [-0.25, -0.2) is 4.98 Å². The van der Waals surface area contributed by atoms with Crippen LogP contribution in [-0.2, 0) is 6.61 Å². The van der Waals surface area contributed by atoms with Crippen LogP contribution in [0.4, 0.5) is 0 Å². The fraction of sp³-hybridized carbons (Fsp3) is 0.0400. The van der Waals surface area contributed by atoms with E-state index in [1.165, 1.54) is 11.3 Å². The van der Waals surface area contributed by atoms with Crippen LogP contribution in [0.2, 0.25) is 5.02 Å². The third-order valence-corrected chi connectivity index (χ3v) is 6.75. The van der Waals surface area contributed by atoms with Gasteiger partial charge in [0.15, 0.2) is 0 Å². The van der Waals surface area contributed by atoms with E-state index in [0.717, 1.165) is 20.5 Å². The quantitative estimate of drug-likeness (QED) is 0.263. The number of aromatic nitrogens is 2. The van der Waals surface area contributed by atoms with Gasteiger partial charge in [-0.3, -0.25) is 4.79 Å². The summed E-state index contributed by atoms with van der Waals surface area (Å²) in [6.45, 7) is 0.346. The Morgan fingerprint density at radius 2 is 1.84 bits per heavy atom. The van der Waals surface area contributed by atoms with Crippen LogP contribution in [0.3, 0.4) is 0 Å². The molecule has 5 rings (SSSR count). The minimum Gasteiger partial charge on any atom is -0.488 e. The van der Waals surface area contributed by atoms with Gasteiger partial charge in [0.2, 0.25) is 0 Å². The Balaban J connectivity index is 1.54. The van der Waals surface area contributed by atoms with Crippen molar-refractivity contribution in [2.24, 2.45) is 0 Å². The maximum absolute atomic E-state index is 12.9. The fourth-order valence-corrected chi connectivity index (χ4v) is 5.02. The average Bonchev–Trinajstić information content (AvgIpc) is 3.24. The largest absolute Gasteiger partial charge is 0.488 e. The first kappa shape index (κ1) is 20.9. The van der Waals surface area contributed by atoms with E-state index in [4.69, 9.17) is 21.3 Å². The molecule has 0 fully saturated rings. The number of hydrogen-bond acceptors (Lipinski definition) is 4. The summed E-state index contributed by atoms with van der Waals surface area (Å²) in [5.41, 5.74) is 2.54. The van der Waals surface area contributed by atoms with Crippen LogP contribution in [-0.4, -0.2) is 9.97 Å². The molecule has 0 radical (unpaired) electrons. The van der Waals surface area contributed by atoms with Gasteiger partial charge in [-0.1, -0.05) is 70.0 Å². The van der Waals surface area contributed by atoms with Crippen LogP contribution >= 0.6 is 38.9 Å². The molecule has 0 bridgehead atoms. The Kier molecular flexibility index (Phi) is 5.83. The number of hydrogen-bond donors (Lipinski definition) is 1. The highest BCUT2D eigenvalue weighted by atomic mass is 79.9. The van der Waals surface area contributed by atoms with Gasteiger partial charge in [0.25, 0.3) is 5.56 Å². The number of benzene rings is 3. The van der Waals surface area contributed by atoms with Crippen molar-refractivity contribution in [2.75, 3.05) is 0 Å². The molecule has 0 aliphatic rings. The van der Waals surface area contributed by atoms with E-state index >= 15 is 0 Å². The van der Waals surface area contributed by atoms with Gasteiger partial charge >= 0.3 is 0 Å². The van der Waals surface area contributed by atoms with Gasteiger partial charge in [0.1, 0.15) is 23.0 Å². The number of thiophene rings is 1. The van der Waals surface area contributed by atoms with Crippen LogP contribution in [0.15, 0.2) is 88.1 Å². The molecular weight excluding hydrogens is 508 g/mol. The zero-order chi connectivity index (χ0) is 22.1. The molecule has 0 amide bonds. The highest BCUT2D eigenvalue weighted by Crippen LogP contribution is 2.35. The Morgan fingerprint density at radius 1 is 1.00 bits per heavy atom. The van der Waals surface area contributed by atoms with E-state index in [9.17, 15) is 4.79 Å². The zero-order valence-electron chi connectivity index (χ0n) is 16.6. The van der Waals surface area contributed by atoms with Crippen molar-refractivity contribution in [2.45, 2.75) is 6.61 Å². The second-order valence-electron chi connectivity index (χ2n) is 7.17.